The number of rotatable bonds is 5. The van der Waals surface area contributed by atoms with Crippen LogP contribution in [0.5, 0.6) is 0 Å². The summed E-state index contributed by atoms with van der Waals surface area (Å²) in [6.45, 7) is 7.62. The van der Waals surface area contributed by atoms with E-state index in [0.29, 0.717) is 0 Å². The molecule has 0 aliphatic heterocycles. The second-order valence-electron chi connectivity index (χ2n) is 6.07. The Balaban J connectivity index is 2.48. The van der Waals surface area contributed by atoms with E-state index in [0.717, 1.165) is 31.5 Å². The Bertz CT molecular complexity index is 193. The van der Waals surface area contributed by atoms with Gasteiger partial charge in [0.05, 0.1) is 0 Å². The number of nitrogens with two attached hydrogens (primary N) is 1. The second kappa shape index (κ2) is 5.99. The molecule has 1 aliphatic rings. The lowest BCUT2D eigenvalue weighted by Crippen LogP contribution is -2.56. The van der Waals surface area contributed by atoms with Gasteiger partial charge in [-0.1, -0.05) is 13.8 Å². The normalized spacial score (nSPS) is 35.6. The van der Waals surface area contributed by atoms with Crippen molar-refractivity contribution in [1.29, 1.82) is 0 Å². The Kier molecular flexibility index (Phi) is 5.22. The Morgan fingerprint density at radius 1 is 1.25 bits per heavy atom. The highest BCUT2D eigenvalue weighted by atomic mass is 15.1. The summed E-state index contributed by atoms with van der Waals surface area (Å²) < 4.78 is 0. The molecule has 2 atom stereocenters. The molecule has 3 heteroatoms. The van der Waals surface area contributed by atoms with Gasteiger partial charge in [0.15, 0.2) is 0 Å². The molecule has 1 aliphatic carbocycles. The third kappa shape index (κ3) is 4.04. The van der Waals surface area contributed by atoms with Crippen molar-refractivity contribution in [3.05, 3.63) is 0 Å². The van der Waals surface area contributed by atoms with E-state index < -0.39 is 0 Å². The van der Waals surface area contributed by atoms with Gasteiger partial charge in [0.25, 0.3) is 0 Å². The standard InChI is InChI=1S/C13H29N3/c1-11-7-12(2)9-13(8-11,10-14)15-5-6-16(3)4/h11-12,15H,5-10,14H2,1-4H3. The van der Waals surface area contributed by atoms with Gasteiger partial charge in [0.2, 0.25) is 0 Å². The maximum atomic E-state index is 6.00. The quantitative estimate of drug-likeness (QED) is 0.744. The maximum Gasteiger partial charge on any atom is 0.0309 e. The molecule has 0 aromatic carbocycles. The summed E-state index contributed by atoms with van der Waals surface area (Å²) in [5, 5.41) is 3.71. The molecular weight excluding hydrogens is 198 g/mol. The van der Waals surface area contributed by atoms with Crippen molar-refractivity contribution < 1.29 is 0 Å². The average molecular weight is 227 g/mol. The highest BCUT2D eigenvalue weighted by Crippen LogP contribution is 2.35. The maximum absolute atomic E-state index is 6.00. The molecule has 0 amide bonds. The minimum atomic E-state index is 0.201. The van der Waals surface area contributed by atoms with Crippen molar-refractivity contribution in [3.63, 3.8) is 0 Å². The van der Waals surface area contributed by atoms with Crippen LogP contribution >= 0.6 is 0 Å². The molecule has 2 unspecified atom stereocenters. The minimum absolute atomic E-state index is 0.201. The van der Waals surface area contributed by atoms with Gasteiger partial charge in [-0.3, -0.25) is 0 Å². The van der Waals surface area contributed by atoms with Crippen LogP contribution in [0.2, 0.25) is 0 Å². The molecule has 0 aromatic rings. The van der Waals surface area contributed by atoms with Crippen molar-refractivity contribution in [1.82, 2.24) is 10.2 Å². The van der Waals surface area contributed by atoms with E-state index >= 15 is 0 Å². The summed E-state index contributed by atoms with van der Waals surface area (Å²) in [6, 6.07) is 0. The van der Waals surface area contributed by atoms with Crippen LogP contribution in [0.1, 0.15) is 33.1 Å². The van der Waals surface area contributed by atoms with Gasteiger partial charge in [-0.25, -0.2) is 0 Å². The molecule has 3 nitrogen and oxygen atoms in total. The fraction of sp³-hybridized carbons (Fsp3) is 1.00. The fourth-order valence-electron chi connectivity index (χ4n) is 3.20. The first-order chi connectivity index (χ1) is 7.47. The van der Waals surface area contributed by atoms with Crippen molar-refractivity contribution in [3.8, 4) is 0 Å². The first-order valence-electron chi connectivity index (χ1n) is 6.57. The van der Waals surface area contributed by atoms with E-state index in [4.69, 9.17) is 5.73 Å². The van der Waals surface area contributed by atoms with Gasteiger partial charge in [0.1, 0.15) is 0 Å². The average Bonchev–Trinajstić information content (AvgIpc) is 2.15. The van der Waals surface area contributed by atoms with Gasteiger partial charge >= 0.3 is 0 Å². The molecule has 0 spiro atoms. The highest BCUT2D eigenvalue weighted by Gasteiger charge is 2.36. The van der Waals surface area contributed by atoms with Gasteiger partial charge in [0, 0.05) is 25.2 Å². The topological polar surface area (TPSA) is 41.3 Å². The molecule has 0 radical (unpaired) electrons. The van der Waals surface area contributed by atoms with Crippen LogP contribution in [0.3, 0.4) is 0 Å². The lowest BCUT2D eigenvalue weighted by molar-refractivity contribution is 0.147. The van der Waals surface area contributed by atoms with Crippen LogP contribution in [0, 0.1) is 11.8 Å². The molecule has 0 saturated heterocycles. The summed E-state index contributed by atoms with van der Waals surface area (Å²) in [7, 11) is 4.23. The van der Waals surface area contributed by atoms with Crippen molar-refractivity contribution in [2.75, 3.05) is 33.7 Å². The highest BCUT2D eigenvalue weighted by molar-refractivity contribution is 4.95. The SMILES string of the molecule is CC1CC(C)CC(CN)(NCCN(C)C)C1. The summed E-state index contributed by atoms with van der Waals surface area (Å²) >= 11 is 0. The second-order valence-corrected chi connectivity index (χ2v) is 6.07. The van der Waals surface area contributed by atoms with Gasteiger partial charge in [-0.05, 0) is 45.2 Å². The molecule has 16 heavy (non-hydrogen) atoms. The first kappa shape index (κ1) is 13.9. The smallest absolute Gasteiger partial charge is 0.0309 e. The predicted molar refractivity (Wildman–Crippen MR) is 70.5 cm³/mol. The van der Waals surface area contributed by atoms with E-state index in [1.807, 2.05) is 0 Å². The Morgan fingerprint density at radius 2 is 1.81 bits per heavy atom. The summed E-state index contributed by atoms with van der Waals surface area (Å²) in [6.07, 6.45) is 3.83. The number of likely N-dealkylation sites (N-methyl/N-ethyl adjacent to an activating group) is 1. The number of nitrogens with one attached hydrogen (secondary N) is 1. The molecule has 3 N–H and O–H groups in total. The third-order valence-electron chi connectivity index (χ3n) is 3.73. The Morgan fingerprint density at radius 3 is 2.25 bits per heavy atom. The molecule has 0 bridgehead atoms. The molecule has 96 valence electrons. The Labute approximate surface area is 101 Å². The summed E-state index contributed by atoms with van der Waals surface area (Å²) in [4.78, 5) is 2.22. The van der Waals surface area contributed by atoms with Gasteiger partial charge < -0.3 is 16.0 Å². The number of nitrogens with zero attached hydrogens (tertiary/aromatic N) is 1. The van der Waals surface area contributed by atoms with Crippen LogP contribution in [0.4, 0.5) is 0 Å². The van der Waals surface area contributed by atoms with Crippen LogP contribution in [-0.2, 0) is 0 Å². The van der Waals surface area contributed by atoms with E-state index in [9.17, 15) is 0 Å². The zero-order chi connectivity index (χ0) is 12.2. The van der Waals surface area contributed by atoms with Crippen molar-refractivity contribution in [2.45, 2.75) is 38.6 Å². The van der Waals surface area contributed by atoms with Crippen LogP contribution < -0.4 is 11.1 Å². The monoisotopic (exact) mass is 227 g/mol. The Hall–Kier alpha value is -0.120. The number of hydrogen-bond donors (Lipinski definition) is 2. The van der Waals surface area contributed by atoms with E-state index in [2.05, 4.69) is 38.2 Å². The van der Waals surface area contributed by atoms with E-state index in [1.165, 1.54) is 19.3 Å². The van der Waals surface area contributed by atoms with Crippen LogP contribution in [0.15, 0.2) is 0 Å². The molecule has 1 saturated carbocycles. The van der Waals surface area contributed by atoms with E-state index in [-0.39, 0.29) is 5.54 Å². The van der Waals surface area contributed by atoms with Crippen molar-refractivity contribution in [2.24, 2.45) is 17.6 Å². The first-order valence-corrected chi connectivity index (χ1v) is 6.57. The van der Waals surface area contributed by atoms with Gasteiger partial charge in [-0.2, -0.15) is 0 Å². The van der Waals surface area contributed by atoms with E-state index in [1.54, 1.807) is 0 Å². The largest absolute Gasteiger partial charge is 0.329 e. The lowest BCUT2D eigenvalue weighted by Gasteiger charge is -2.43. The van der Waals surface area contributed by atoms with Gasteiger partial charge in [-0.15, -0.1) is 0 Å². The molecule has 1 rings (SSSR count). The predicted octanol–water partition coefficient (Wildman–Crippen LogP) is 1.29. The fourth-order valence-corrected chi connectivity index (χ4v) is 3.20. The third-order valence-corrected chi connectivity index (χ3v) is 3.73. The molecular formula is C13H29N3. The van der Waals surface area contributed by atoms with Crippen molar-refractivity contribution >= 4 is 0 Å². The zero-order valence-electron chi connectivity index (χ0n) is 11.4. The van der Waals surface area contributed by atoms with Crippen LogP contribution in [-0.4, -0.2) is 44.2 Å². The molecule has 0 aromatic heterocycles. The van der Waals surface area contributed by atoms with Crippen LogP contribution in [0.25, 0.3) is 0 Å². The zero-order valence-corrected chi connectivity index (χ0v) is 11.4. The molecule has 1 fully saturated rings. The number of hydrogen-bond acceptors (Lipinski definition) is 3. The lowest BCUT2D eigenvalue weighted by atomic mass is 9.71. The summed E-state index contributed by atoms with van der Waals surface area (Å²) in [5.74, 6) is 1.61. The molecule has 0 heterocycles. The minimum Gasteiger partial charge on any atom is -0.329 e. The summed E-state index contributed by atoms with van der Waals surface area (Å²) in [5.41, 5.74) is 6.20.